The van der Waals surface area contributed by atoms with Gasteiger partial charge in [-0.1, -0.05) is 26.5 Å². The first-order valence-electron chi connectivity index (χ1n) is 7.10. The summed E-state index contributed by atoms with van der Waals surface area (Å²) >= 11 is 0. The molecule has 0 atom stereocenters. The molecule has 3 heteroatoms. The molecule has 3 nitrogen and oxygen atoms in total. The summed E-state index contributed by atoms with van der Waals surface area (Å²) in [5.74, 6) is 1.76. The highest BCUT2D eigenvalue weighted by molar-refractivity contribution is 5.46. The Morgan fingerprint density at radius 3 is 2.50 bits per heavy atom. The molecular formula is C17H26N2O. The Kier molecular flexibility index (Phi) is 7.11. The van der Waals surface area contributed by atoms with E-state index in [0.29, 0.717) is 5.69 Å². The fourth-order valence-corrected chi connectivity index (χ4v) is 2.38. The molecular weight excluding hydrogens is 248 g/mol. The molecule has 0 aromatic heterocycles. The van der Waals surface area contributed by atoms with Gasteiger partial charge in [0.2, 0.25) is 0 Å². The highest BCUT2D eigenvalue weighted by Crippen LogP contribution is 2.18. The van der Waals surface area contributed by atoms with E-state index in [4.69, 9.17) is 11.3 Å². The first-order valence-corrected chi connectivity index (χ1v) is 7.10. The van der Waals surface area contributed by atoms with Gasteiger partial charge in [-0.3, -0.25) is 0 Å². The summed E-state index contributed by atoms with van der Waals surface area (Å²) in [6.45, 7) is 13.6. The zero-order chi connectivity index (χ0) is 13.5. The number of hydrogen-bond donors (Lipinski definition) is 0. The van der Waals surface area contributed by atoms with Gasteiger partial charge in [-0.05, 0) is 50.4 Å². The van der Waals surface area contributed by atoms with Crippen molar-refractivity contribution in [2.75, 3.05) is 26.2 Å². The minimum atomic E-state index is 0. The standard InChI is InChI=1S/C16H22N2O.CH4/c1-14-8-11-18(12-9-14)10-3-13-19-16-6-4-15(17-2)5-7-16;/h4-7,14H,3,8-13H2,1H3;1H4. The van der Waals surface area contributed by atoms with E-state index in [-0.39, 0.29) is 7.43 Å². The molecule has 110 valence electrons. The van der Waals surface area contributed by atoms with E-state index in [1.165, 1.54) is 25.9 Å². The Morgan fingerprint density at radius 1 is 1.25 bits per heavy atom. The molecule has 2 rings (SSSR count). The summed E-state index contributed by atoms with van der Waals surface area (Å²) in [7, 11) is 0. The van der Waals surface area contributed by atoms with Gasteiger partial charge in [0.15, 0.2) is 5.69 Å². The number of benzene rings is 1. The van der Waals surface area contributed by atoms with Gasteiger partial charge < -0.3 is 9.64 Å². The van der Waals surface area contributed by atoms with Gasteiger partial charge in [-0.25, -0.2) is 4.85 Å². The fourth-order valence-electron chi connectivity index (χ4n) is 2.38. The van der Waals surface area contributed by atoms with Gasteiger partial charge in [-0.15, -0.1) is 0 Å². The molecule has 0 unspecified atom stereocenters. The molecule has 0 saturated carbocycles. The summed E-state index contributed by atoms with van der Waals surface area (Å²) in [5, 5.41) is 0. The van der Waals surface area contributed by atoms with E-state index < -0.39 is 0 Å². The number of nitrogens with zero attached hydrogens (tertiary/aromatic N) is 2. The summed E-state index contributed by atoms with van der Waals surface area (Å²) in [5.41, 5.74) is 0.662. The molecule has 0 N–H and O–H groups in total. The maximum atomic E-state index is 6.89. The molecule has 0 radical (unpaired) electrons. The van der Waals surface area contributed by atoms with Gasteiger partial charge in [0.1, 0.15) is 5.75 Å². The van der Waals surface area contributed by atoms with E-state index in [1.807, 2.05) is 12.1 Å². The molecule has 0 aliphatic carbocycles. The highest BCUT2D eigenvalue weighted by atomic mass is 16.5. The Morgan fingerprint density at radius 2 is 1.90 bits per heavy atom. The van der Waals surface area contributed by atoms with Crippen molar-refractivity contribution >= 4 is 5.69 Å². The minimum absolute atomic E-state index is 0. The minimum Gasteiger partial charge on any atom is -0.494 e. The molecule has 1 aliphatic rings. The molecule has 1 aliphatic heterocycles. The number of hydrogen-bond acceptors (Lipinski definition) is 2. The van der Waals surface area contributed by atoms with Crippen molar-refractivity contribution < 1.29 is 4.74 Å². The van der Waals surface area contributed by atoms with Crippen LogP contribution in [0.5, 0.6) is 5.75 Å². The quantitative estimate of drug-likeness (QED) is 0.585. The molecule has 1 saturated heterocycles. The second-order valence-electron chi connectivity index (χ2n) is 5.33. The lowest BCUT2D eigenvalue weighted by atomic mass is 9.99. The molecule has 20 heavy (non-hydrogen) atoms. The topological polar surface area (TPSA) is 16.8 Å². The third-order valence-corrected chi connectivity index (χ3v) is 3.73. The molecule has 1 heterocycles. The second kappa shape index (κ2) is 8.60. The third-order valence-electron chi connectivity index (χ3n) is 3.73. The molecule has 0 bridgehead atoms. The van der Waals surface area contributed by atoms with E-state index in [1.54, 1.807) is 12.1 Å². The summed E-state index contributed by atoms with van der Waals surface area (Å²) in [4.78, 5) is 5.90. The van der Waals surface area contributed by atoms with Crippen LogP contribution in [0.2, 0.25) is 0 Å². The predicted molar refractivity (Wildman–Crippen MR) is 84.4 cm³/mol. The smallest absolute Gasteiger partial charge is 0.187 e. The third kappa shape index (κ3) is 5.22. The SMILES string of the molecule is C.[C-]#[N+]c1ccc(OCCCN2CCC(C)CC2)cc1. The Bertz CT molecular complexity index is 414. The summed E-state index contributed by atoms with van der Waals surface area (Å²) < 4.78 is 5.69. The van der Waals surface area contributed by atoms with Crippen molar-refractivity contribution in [2.24, 2.45) is 5.92 Å². The van der Waals surface area contributed by atoms with Gasteiger partial charge in [0.05, 0.1) is 13.2 Å². The number of piperidine rings is 1. The van der Waals surface area contributed by atoms with Crippen LogP contribution in [-0.2, 0) is 0 Å². The van der Waals surface area contributed by atoms with E-state index >= 15 is 0 Å². The van der Waals surface area contributed by atoms with Gasteiger partial charge in [-0.2, -0.15) is 0 Å². The average molecular weight is 274 g/mol. The monoisotopic (exact) mass is 274 g/mol. The predicted octanol–water partition coefficient (Wildman–Crippen LogP) is 4.37. The lowest BCUT2D eigenvalue weighted by molar-refractivity contribution is 0.177. The van der Waals surface area contributed by atoms with Gasteiger partial charge in [0.25, 0.3) is 0 Å². The summed E-state index contributed by atoms with van der Waals surface area (Å²) in [6, 6.07) is 7.34. The number of likely N-dealkylation sites (tertiary alicyclic amines) is 1. The van der Waals surface area contributed by atoms with Gasteiger partial charge >= 0.3 is 0 Å². The fraction of sp³-hybridized carbons (Fsp3) is 0.588. The van der Waals surface area contributed by atoms with Crippen LogP contribution >= 0.6 is 0 Å². The summed E-state index contributed by atoms with van der Waals surface area (Å²) in [6.07, 6.45) is 3.73. The maximum absolute atomic E-state index is 6.89. The zero-order valence-corrected chi connectivity index (χ0v) is 11.6. The molecule has 0 amide bonds. The lowest BCUT2D eigenvalue weighted by Crippen LogP contribution is -2.34. The van der Waals surface area contributed by atoms with Crippen molar-refractivity contribution in [3.63, 3.8) is 0 Å². The van der Waals surface area contributed by atoms with Crippen molar-refractivity contribution in [3.05, 3.63) is 35.7 Å². The molecule has 1 fully saturated rings. The Hall–Kier alpha value is -1.53. The van der Waals surface area contributed by atoms with Crippen LogP contribution < -0.4 is 4.74 Å². The number of ether oxygens (including phenoxy) is 1. The Balaban J connectivity index is 0.00000200. The number of rotatable bonds is 5. The van der Waals surface area contributed by atoms with Crippen molar-refractivity contribution in [2.45, 2.75) is 33.6 Å². The second-order valence-corrected chi connectivity index (χ2v) is 5.33. The van der Waals surface area contributed by atoms with Crippen LogP contribution in [0.3, 0.4) is 0 Å². The highest BCUT2D eigenvalue weighted by Gasteiger charge is 2.14. The van der Waals surface area contributed by atoms with E-state index in [9.17, 15) is 0 Å². The van der Waals surface area contributed by atoms with Crippen LogP contribution in [0, 0.1) is 12.5 Å². The van der Waals surface area contributed by atoms with Crippen LogP contribution in [0.4, 0.5) is 5.69 Å². The van der Waals surface area contributed by atoms with Crippen LogP contribution in [-0.4, -0.2) is 31.1 Å². The normalized spacial score (nSPS) is 16.2. The molecule has 1 aromatic carbocycles. The largest absolute Gasteiger partial charge is 0.494 e. The average Bonchev–Trinajstić information content (AvgIpc) is 2.46. The van der Waals surface area contributed by atoms with Crippen LogP contribution in [0.1, 0.15) is 33.6 Å². The Labute approximate surface area is 123 Å². The first-order chi connectivity index (χ1) is 9.28. The van der Waals surface area contributed by atoms with Crippen LogP contribution in [0.15, 0.2) is 24.3 Å². The van der Waals surface area contributed by atoms with Gasteiger partial charge in [0, 0.05) is 6.54 Å². The van der Waals surface area contributed by atoms with Crippen molar-refractivity contribution in [3.8, 4) is 5.75 Å². The van der Waals surface area contributed by atoms with Crippen LogP contribution in [0.25, 0.3) is 4.85 Å². The van der Waals surface area contributed by atoms with E-state index in [2.05, 4.69) is 16.7 Å². The lowest BCUT2D eigenvalue weighted by Gasteiger charge is -2.30. The van der Waals surface area contributed by atoms with Crippen molar-refractivity contribution in [1.82, 2.24) is 4.90 Å². The zero-order valence-electron chi connectivity index (χ0n) is 11.6. The molecule has 0 spiro atoms. The van der Waals surface area contributed by atoms with E-state index in [0.717, 1.165) is 31.2 Å². The molecule has 1 aromatic rings. The van der Waals surface area contributed by atoms with Crippen molar-refractivity contribution in [1.29, 1.82) is 0 Å². The maximum Gasteiger partial charge on any atom is 0.187 e. The first kappa shape index (κ1) is 16.5.